The van der Waals surface area contributed by atoms with Gasteiger partial charge in [-0.3, -0.25) is 9.59 Å². The fourth-order valence-corrected chi connectivity index (χ4v) is 2.76. The van der Waals surface area contributed by atoms with Crippen molar-refractivity contribution >= 4 is 23.4 Å². The van der Waals surface area contributed by atoms with Gasteiger partial charge in [-0.15, -0.1) is 11.6 Å². The minimum Gasteiger partial charge on any atom is -0.484 e. The molecule has 1 aliphatic heterocycles. The molecule has 1 heterocycles. The average Bonchev–Trinajstić information content (AvgIpc) is 2.60. The Hall–Kier alpha value is -1.75. The second-order valence-electron chi connectivity index (χ2n) is 6.09. The highest BCUT2D eigenvalue weighted by atomic mass is 35.5. The quantitative estimate of drug-likeness (QED) is 0.738. The maximum absolute atomic E-state index is 12.3. The lowest BCUT2D eigenvalue weighted by Crippen LogP contribution is -2.51. The third-order valence-corrected chi connectivity index (χ3v) is 4.62. The Balaban J connectivity index is 1.76. The predicted octanol–water partition coefficient (Wildman–Crippen LogP) is 2.37. The van der Waals surface area contributed by atoms with Gasteiger partial charge < -0.3 is 14.5 Å². The number of piperazine rings is 1. The van der Waals surface area contributed by atoms with Crippen LogP contribution < -0.4 is 4.74 Å². The number of ether oxygens (including phenoxy) is 1. The molecular weight excluding hydrogens is 328 g/mol. The molecule has 0 aliphatic carbocycles. The van der Waals surface area contributed by atoms with Crippen LogP contribution in [0.3, 0.4) is 0 Å². The molecule has 1 aromatic carbocycles. The molecule has 0 N–H and O–H groups in total. The lowest BCUT2D eigenvalue weighted by molar-refractivity contribution is -0.140. The Labute approximate surface area is 148 Å². The largest absolute Gasteiger partial charge is 0.484 e. The van der Waals surface area contributed by atoms with E-state index in [9.17, 15) is 9.59 Å². The maximum atomic E-state index is 12.3. The van der Waals surface area contributed by atoms with E-state index in [-0.39, 0.29) is 18.4 Å². The maximum Gasteiger partial charge on any atom is 0.260 e. The normalized spacial score (nSPS) is 14.6. The van der Waals surface area contributed by atoms with Crippen molar-refractivity contribution < 1.29 is 14.3 Å². The van der Waals surface area contributed by atoms with Crippen molar-refractivity contribution in [2.75, 3.05) is 38.7 Å². The molecule has 0 atom stereocenters. The topological polar surface area (TPSA) is 49.9 Å². The lowest BCUT2D eigenvalue weighted by atomic mass is 10.1. The number of rotatable bonds is 6. The standard InChI is InChI=1S/C18H25ClN2O3/c1-14-5-6-16(12-15(14)2)24-13-18(23)21-10-8-20(9-11-21)17(22)4-3-7-19/h5-6,12H,3-4,7-11,13H2,1-2H3. The highest BCUT2D eigenvalue weighted by Crippen LogP contribution is 2.16. The molecule has 5 nitrogen and oxygen atoms in total. The first-order chi connectivity index (χ1) is 11.5. The molecule has 1 fully saturated rings. The Bertz CT molecular complexity index is 584. The van der Waals surface area contributed by atoms with E-state index >= 15 is 0 Å². The fourth-order valence-electron chi connectivity index (χ4n) is 2.62. The summed E-state index contributed by atoms with van der Waals surface area (Å²) in [5.41, 5.74) is 2.34. The van der Waals surface area contributed by atoms with E-state index in [1.807, 2.05) is 32.0 Å². The van der Waals surface area contributed by atoms with Crippen molar-refractivity contribution in [3.63, 3.8) is 0 Å². The van der Waals surface area contributed by atoms with Gasteiger partial charge in [0.05, 0.1) is 0 Å². The van der Waals surface area contributed by atoms with Crippen LogP contribution in [0, 0.1) is 13.8 Å². The van der Waals surface area contributed by atoms with Crippen LogP contribution in [0.4, 0.5) is 0 Å². The smallest absolute Gasteiger partial charge is 0.260 e. The monoisotopic (exact) mass is 352 g/mol. The number of alkyl halides is 1. The van der Waals surface area contributed by atoms with Crippen molar-refractivity contribution in [3.05, 3.63) is 29.3 Å². The third-order valence-electron chi connectivity index (χ3n) is 4.35. The Morgan fingerprint density at radius 3 is 2.25 bits per heavy atom. The van der Waals surface area contributed by atoms with E-state index in [0.29, 0.717) is 50.7 Å². The number of nitrogens with zero attached hydrogens (tertiary/aromatic N) is 2. The Morgan fingerprint density at radius 1 is 1.04 bits per heavy atom. The zero-order valence-corrected chi connectivity index (χ0v) is 15.1. The average molecular weight is 353 g/mol. The first-order valence-electron chi connectivity index (χ1n) is 8.33. The number of carbonyl (C=O) groups excluding carboxylic acids is 2. The zero-order chi connectivity index (χ0) is 17.5. The van der Waals surface area contributed by atoms with Gasteiger partial charge in [-0.05, 0) is 43.5 Å². The highest BCUT2D eigenvalue weighted by molar-refractivity contribution is 6.17. The Kier molecular flexibility index (Phi) is 6.91. The summed E-state index contributed by atoms with van der Waals surface area (Å²) in [4.78, 5) is 27.8. The summed E-state index contributed by atoms with van der Waals surface area (Å²) < 4.78 is 5.60. The molecule has 0 spiro atoms. The molecule has 6 heteroatoms. The van der Waals surface area contributed by atoms with Crippen LogP contribution in [0.25, 0.3) is 0 Å². The zero-order valence-electron chi connectivity index (χ0n) is 14.4. The SMILES string of the molecule is Cc1ccc(OCC(=O)N2CCN(C(=O)CCCCl)CC2)cc1C. The molecule has 0 radical (unpaired) electrons. The summed E-state index contributed by atoms with van der Waals surface area (Å²) >= 11 is 5.62. The van der Waals surface area contributed by atoms with Crippen LogP contribution in [0.2, 0.25) is 0 Å². The highest BCUT2D eigenvalue weighted by Gasteiger charge is 2.23. The number of benzene rings is 1. The summed E-state index contributed by atoms with van der Waals surface area (Å²) in [5, 5.41) is 0. The van der Waals surface area contributed by atoms with Crippen LogP contribution in [0.15, 0.2) is 18.2 Å². The molecule has 0 aromatic heterocycles. The summed E-state index contributed by atoms with van der Waals surface area (Å²) in [6.07, 6.45) is 1.18. The molecule has 1 aliphatic rings. The number of hydrogen-bond acceptors (Lipinski definition) is 3. The van der Waals surface area contributed by atoms with Crippen molar-refractivity contribution in [2.24, 2.45) is 0 Å². The molecule has 132 valence electrons. The first-order valence-corrected chi connectivity index (χ1v) is 8.86. The number of hydrogen-bond donors (Lipinski definition) is 0. The van der Waals surface area contributed by atoms with Crippen molar-refractivity contribution in [1.82, 2.24) is 9.80 Å². The van der Waals surface area contributed by atoms with Crippen LogP contribution in [0.5, 0.6) is 5.75 Å². The molecule has 1 aromatic rings. The molecule has 1 saturated heterocycles. The second-order valence-corrected chi connectivity index (χ2v) is 6.47. The molecule has 0 saturated carbocycles. The van der Waals surface area contributed by atoms with Crippen molar-refractivity contribution in [2.45, 2.75) is 26.7 Å². The third kappa shape index (κ3) is 5.13. The summed E-state index contributed by atoms with van der Waals surface area (Å²) in [5.74, 6) is 1.29. The molecule has 24 heavy (non-hydrogen) atoms. The lowest BCUT2D eigenvalue weighted by Gasteiger charge is -2.34. The molecule has 2 rings (SSSR count). The van der Waals surface area contributed by atoms with E-state index in [2.05, 4.69) is 0 Å². The Morgan fingerprint density at radius 2 is 1.67 bits per heavy atom. The summed E-state index contributed by atoms with van der Waals surface area (Å²) in [6, 6.07) is 5.81. The van der Waals surface area contributed by atoms with Crippen LogP contribution in [-0.4, -0.2) is 60.3 Å². The van der Waals surface area contributed by atoms with E-state index in [1.165, 1.54) is 5.56 Å². The van der Waals surface area contributed by atoms with Gasteiger partial charge in [-0.25, -0.2) is 0 Å². The van der Waals surface area contributed by atoms with Crippen molar-refractivity contribution in [1.29, 1.82) is 0 Å². The molecule has 2 amide bonds. The number of carbonyl (C=O) groups is 2. The van der Waals surface area contributed by atoms with Gasteiger partial charge in [0.1, 0.15) is 5.75 Å². The van der Waals surface area contributed by atoms with E-state index in [0.717, 1.165) is 5.56 Å². The van der Waals surface area contributed by atoms with Gasteiger partial charge in [-0.2, -0.15) is 0 Å². The van der Waals surface area contributed by atoms with E-state index in [4.69, 9.17) is 16.3 Å². The van der Waals surface area contributed by atoms with Gasteiger partial charge >= 0.3 is 0 Å². The van der Waals surface area contributed by atoms with E-state index < -0.39 is 0 Å². The minimum absolute atomic E-state index is 0.0305. The first kappa shape index (κ1) is 18.6. The van der Waals surface area contributed by atoms with Crippen molar-refractivity contribution in [3.8, 4) is 5.75 Å². The predicted molar refractivity (Wildman–Crippen MR) is 94.5 cm³/mol. The molecule has 0 bridgehead atoms. The van der Waals surface area contributed by atoms with Crippen LogP contribution in [0.1, 0.15) is 24.0 Å². The summed E-state index contributed by atoms with van der Waals surface area (Å²) in [7, 11) is 0. The van der Waals surface area contributed by atoms with Gasteiger partial charge in [-0.1, -0.05) is 6.07 Å². The van der Waals surface area contributed by atoms with Crippen LogP contribution in [-0.2, 0) is 9.59 Å². The van der Waals surface area contributed by atoms with Gasteiger partial charge in [0.25, 0.3) is 5.91 Å². The number of amides is 2. The molecule has 0 unspecified atom stereocenters. The summed E-state index contributed by atoms with van der Waals surface area (Å²) in [6.45, 7) is 6.36. The number of aryl methyl sites for hydroxylation is 2. The second kappa shape index (κ2) is 8.92. The minimum atomic E-state index is -0.0407. The van der Waals surface area contributed by atoms with Gasteiger partial charge in [0.15, 0.2) is 6.61 Å². The fraction of sp³-hybridized carbons (Fsp3) is 0.556. The van der Waals surface area contributed by atoms with Gasteiger partial charge in [0, 0.05) is 38.5 Å². The van der Waals surface area contributed by atoms with E-state index in [1.54, 1.807) is 9.80 Å². The molecular formula is C18H25ClN2O3. The number of halogens is 1. The van der Waals surface area contributed by atoms with Gasteiger partial charge in [0.2, 0.25) is 5.91 Å². The van der Waals surface area contributed by atoms with Crippen LogP contribution >= 0.6 is 11.6 Å².